The zero-order chi connectivity index (χ0) is 13.0. The van der Waals surface area contributed by atoms with Crippen molar-refractivity contribution in [2.45, 2.75) is 39.6 Å². The molecule has 17 heavy (non-hydrogen) atoms. The van der Waals surface area contributed by atoms with E-state index in [1.807, 2.05) is 12.3 Å². The summed E-state index contributed by atoms with van der Waals surface area (Å²) in [4.78, 5) is 6.83. The predicted molar refractivity (Wildman–Crippen MR) is 78.8 cm³/mol. The summed E-state index contributed by atoms with van der Waals surface area (Å²) < 4.78 is 0.977. The van der Waals surface area contributed by atoms with E-state index in [1.54, 1.807) is 0 Å². The van der Waals surface area contributed by atoms with Gasteiger partial charge in [0.1, 0.15) is 5.82 Å². The normalized spacial score (nSPS) is 11.3. The maximum absolute atomic E-state index is 6.00. The first-order valence-electron chi connectivity index (χ1n) is 5.92. The number of hydrogen-bond donors (Lipinski definition) is 0. The fraction of sp³-hybridized carbons (Fsp3) is 0.615. The smallest absolute Gasteiger partial charge is 0.133 e. The van der Waals surface area contributed by atoms with E-state index < -0.39 is 0 Å². The van der Waals surface area contributed by atoms with Crippen LogP contribution in [0.15, 0.2) is 16.7 Å². The van der Waals surface area contributed by atoms with Gasteiger partial charge in [-0.1, -0.05) is 13.8 Å². The van der Waals surface area contributed by atoms with Gasteiger partial charge in [-0.3, -0.25) is 0 Å². The van der Waals surface area contributed by atoms with E-state index >= 15 is 0 Å². The van der Waals surface area contributed by atoms with Gasteiger partial charge in [0.25, 0.3) is 0 Å². The molecule has 0 aliphatic heterocycles. The molecule has 0 saturated heterocycles. The quantitative estimate of drug-likeness (QED) is 0.745. The van der Waals surface area contributed by atoms with E-state index in [2.05, 4.69) is 53.5 Å². The molecule has 1 aromatic heterocycles. The third-order valence-electron chi connectivity index (χ3n) is 2.51. The molecule has 0 N–H and O–H groups in total. The van der Waals surface area contributed by atoms with E-state index in [0.717, 1.165) is 22.4 Å². The number of halogens is 2. The SMILES string of the molecule is CC(C)CN(c1ncc(Br)cc1CCl)C(C)C. The van der Waals surface area contributed by atoms with Crippen LogP contribution in [0.25, 0.3) is 0 Å². The van der Waals surface area contributed by atoms with Gasteiger partial charge in [-0.15, -0.1) is 11.6 Å². The van der Waals surface area contributed by atoms with Gasteiger partial charge < -0.3 is 4.90 Å². The van der Waals surface area contributed by atoms with Gasteiger partial charge in [0.15, 0.2) is 0 Å². The second kappa shape index (κ2) is 6.60. The number of hydrogen-bond acceptors (Lipinski definition) is 2. The molecule has 0 spiro atoms. The summed E-state index contributed by atoms with van der Waals surface area (Å²) in [5, 5.41) is 0. The van der Waals surface area contributed by atoms with Gasteiger partial charge >= 0.3 is 0 Å². The number of anilines is 1. The maximum atomic E-state index is 6.00. The molecule has 2 nitrogen and oxygen atoms in total. The molecular formula is C13H20BrClN2. The molecule has 4 heteroatoms. The highest BCUT2D eigenvalue weighted by molar-refractivity contribution is 9.10. The maximum Gasteiger partial charge on any atom is 0.133 e. The average molecular weight is 320 g/mol. The molecule has 0 bridgehead atoms. The van der Waals surface area contributed by atoms with Crippen molar-refractivity contribution < 1.29 is 0 Å². The Hall–Kier alpha value is -0.280. The Morgan fingerprint density at radius 2 is 2.00 bits per heavy atom. The molecule has 1 aromatic rings. The van der Waals surface area contributed by atoms with Gasteiger partial charge in [0.2, 0.25) is 0 Å². The summed E-state index contributed by atoms with van der Waals surface area (Å²) in [7, 11) is 0. The van der Waals surface area contributed by atoms with E-state index in [4.69, 9.17) is 11.6 Å². The van der Waals surface area contributed by atoms with E-state index in [9.17, 15) is 0 Å². The minimum atomic E-state index is 0.424. The molecule has 0 radical (unpaired) electrons. The second-order valence-electron chi connectivity index (χ2n) is 4.91. The Morgan fingerprint density at radius 3 is 2.47 bits per heavy atom. The molecule has 0 atom stereocenters. The summed E-state index contributed by atoms with van der Waals surface area (Å²) in [6, 6.07) is 2.47. The Labute approximate surface area is 118 Å². The molecule has 0 aliphatic carbocycles. The zero-order valence-electron chi connectivity index (χ0n) is 10.9. The number of alkyl halides is 1. The molecule has 0 amide bonds. The molecule has 96 valence electrons. The lowest BCUT2D eigenvalue weighted by Gasteiger charge is -2.31. The van der Waals surface area contributed by atoms with E-state index in [-0.39, 0.29) is 0 Å². The van der Waals surface area contributed by atoms with Crippen molar-refractivity contribution >= 4 is 33.3 Å². The van der Waals surface area contributed by atoms with Crippen LogP contribution in [-0.2, 0) is 5.88 Å². The van der Waals surface area contributed by atoms with Crippen molar-refractivity contribution in [3.05, 3.63) is 22.3 Å². The van der Waals surface area contributed by atoms with Gasteiger partial charge in [-0.05, 0) is 41.8 Å². The van der Waals surface area contributed by atoms with Crippen molar-refractivity contribution in [2.75, 3.05) is 11.4 Å². The number of pyridine rings is 1. The standard InChI is InChI=1S/C13H20BrClN2/c1-9(2)8-17(10(3)4)13-11(6-15)5-12(14)7-16-13/h5,7,9-10H,6,8H2,1-4H3. The van der Waals surface area contributed by atoms with Crippen molar-refractivity contribution in [3.8, 4) is 0 Å². The molecule has 0 aliphatic rings. The third kappa shape index (κ3) is 4.14. The molecule has 0 unspecified atom stereocenters. The molecule has 1 heterocycles. The molecule has 0 saturated carbocycles. The monoisotopic (exact) mass is 318 g/mol. The molecule has 1 rings (SSSR count). The molecule has 0 aromatic carbocycles. The van der Waals surface area contributed by atoms with Crippen LogP contribution in [0.1, 0.15) is 33.3 Å². The Kier molecular flexibility index (Phi) is 5.74. The fourth-order valence-electron chi connectivity index (χ4n) is 1.77. The number of nitrogens with zero attached hydrogens (tertiary/aromatic N) is 2. The van der Waals surface area contributed by atoms with Crippen molar-refractivity contribution in [1.29, 1.82) is 0 Å². The van der Waals surface area contributed by atoms with Crippen molar-refractivity contribution in [3.63, 3.8) is 0 Å². The fourth-order valence-corrected chi connectivity index (χ4v) is 2.34. The second-order valence-corrected chi connectivity index (χ2v) is 6.09. The highest BCUT2D eigenvalue weighted by atomic mass is 79.9. The lowest BCUT2D eigenvalue weighted by Crippen LogP contribution is -2.35. The summed E-state index contributed by atoms with van der Waals surface area (Å²) in [6.45, 7) is 9.80. The van der Waals surface area contributed by atoms with Crippen LogP contribution < -0.4 is 4.90 Å². The van der Waals surface area contributed by atoms with Crippen LogP contribution in [0.3, 0.4) is 0 Å². The number of aromatic nitrogens is 1. The van der Waals surface area contributed by atoms with Crippen LogP contribution in [0.4, 0.5) is 5.82 Å². The van der Waals surface area contributed by atoms with Gasteiger partial charge in [-0.2, -0.15) is 0 Å². The van der Waals surface area contributed by atoms with Crippen LogP contribution in [0, 0.1) is 5.92 Å². The first kappa shape index (κ1) is 14.8. The van der Waals surface area contributed by atoms with Crippen molar-refractivity contribution in [1.82, 2.24) is 4.98 Å². The van der Waals surface area contributed by atoms with Gasteiger partial charge in [0.05, 0.1) is 5.88 Å². The first-order chi connectivity index (χ1) is 7.95. The highest BCUT2D eigenvalue weighted by Crippen LogP contribution is 2.25. The minimum absolute atomic E-state index is 0.424. The summed E-state index contributed by atoms with van der Waals surface area (Å²) in [5.74, 6) is 2.10. The Morgan fingerprint density at radius 1 is 1.35 bits per heavy atom. The Balaban J connectivity index is 3.08. The van der Waals surface area contributed by atoms with Crippen LogP contribution in [-0.4, -0.2) is 17.6 Å². The van der Waals surface area contributed by atoms with Gasteiger partial charge in [0, 0.05) is 28.8 Å². The first-order valence-corrected chi connectivity index (χ1v) is 7.25. The average Bonchev–Trinajstić information content (AvgIpc) is 2.25. The predicted octanol–water partition coefficient (Wildman–Crippen LogP) is 4.45. The largest absolute Gasteiger partial charge is 0.354 e. The lowest BCUT2D eigenvalue weighted by atomic mass is 10.1. The summed E-state index contributed by atoms with van der Waals surface area (Å²) in [6.07, 6.45) is 1.83. The van der Waals surface area contributed by atoms with E-state index in [0.29, 0.717) is 17.8 Å². The Bertz CT molecular complexity index is 366. The zero-order valence-corrected chi connectivity index (χ0v) is 13.2. The summed E-state index contributed by atoms with van der Waals surface area (Å²) in [5.41, 5.74) is 1.08. The lowest BCUT2D eigenvalue weighted by molar-refractivity contribution is 0.565. The summed E-state index contributed by atoms with van der Waals surface area (Å²) >= 11 is 9.44. The van der Waals surface area contributed by atoms with Crippen LogP contribution in [0.2, 0.25) is 0 Å². The topological polar surface area (TPSA) is 16.1 Å². The molecule has 0 fully saturated rings. The van der Waals surface area contributed by atoms with Gasteiger partial charge in [-0.25, -0.2) is 4.98 Å². The van der Waals surface area contributed by atoms with Crippen molar-refractivity contribution in [2.24, 2.45) is 5.92 Å². The van der Waals surface area contributed by atoms with E-state index in [1.165, 1.54) is 0 Å². The third-order valence-corrected chi connectivity index (χ3v) is 3.23. The van der Waals surface area contributed by atoms with Crippen LogP contribution >= 0.6 is 27.5 Å². The molecular weight excluding hydrogens is 300 g/mol. The minimum Gasteiger partial charge on any atom is -0.354 e. The number of rotatable bonds is 5. The van der Waals surface area contributed by atoms with Crippen LogP contribution in [0.5, 0.6) is 0 Å². The highest BCUT2D eigenvalue weighted by Gasteiger charge is 2.17.